The molecule has 0 spiro atoms. The van der Waals surface area contributed by atoms with Crippen molar-refractivity contribution in [2.24, 2.45) is 0 Å². The van der Waals surface area contributed by atoms with Crippen molar-refractivity contribution in [2.45, 2.75) is 0 Å². The summed E-state index contributed by atoms with van der Waals surface area (Å²) in [5.41, 5.74) is 0. The molecule has 0 aliphatic rings. The second-order valence-corrected chi connectivity index (χ2v) is 3.82. The Morgan fingerprint density at radius 3 is 2.79 bits per heavy atom. The topological polar surface area (TPSA) is 46.5 Å². The number of rotatable bonds is 1. The summed E-state index contributed by atoms with van der Waals surface area (Å²) < 4.78 is 5.44. The van der Waals surface area contributed by atoms with Crippen molar-refractivity contribution in [1.29, 1.82) is 0 Å². The lowest BCUT2D eigenvalue weighted by molar-refractivity contribution is 0.0603. The molecule has 3 nitrogen and oxygen atoms in total. The van der Waals surface area contributed by atoms with Crippen LogP contribution in [0.2, 0.25) is 0 Å². The van der Waals surface area contributed by atoms with Crippen LogP contribution in [-0.2, 0) is 4.74 Å². The number of ether oxygens (including phenoxy) is 1. The first-order chi connectivity index (χ1) is 6.74. The number of esters is 1. The van der Waals surface area contributed by atoms with Crippen LogP contribution >= 0.6 is 11.3 Å². The third-order valence-corrected chi connectivity index (χ3v) is 3.08. The Labute approximate surface area is 84.6 Å². The fraction of sp³-hybridized carbons (Fsp3) is 0.100. The number of fused-ring (bicyclic) bond motifs is 1. The molecule has 2 rings (SSSR count). The van der Waals surface area contributed by atoms with E-state index in [1.807, 2.05) is 18.2 Å². The second kappa shape index (κ2) is 3.31. The predicted octanol–water partition coefficient (Wildman–Crippen LogP) is 2.39. The van der Waals surface area contributed by atoms with Crippen LogP contribution in [0.3, 0.4) is 0 Å². The Bertz CT molecular complexity index is 487. The van der Waals surface area contributed by atoms with Crippen LogP contribution in [0.4, 0.5) is 0 Å². The standard InChI is InChI=1S/C10H8O3S/c1-13-10(12)9-8(11)6-4-2-3-5-7(6)14-9/h2-5,11H,1H3. The van der Waals surface area contributed by atoms with Crippen LogP contribution in [0.5, 0.6) is 5.75 Å². The molecule has 0 radical (unpaired) electrons. The lowest BCUT2D eigenvalue weighted by atomic mass is 10.2. The highest BCUT2D eigenvalue weighted by Gasteiger charge is 2.17. The number of carbonyl (C=O) groups excluding carboxylic acids is 1. The van der Waals surface area contributed by atoms with Crippen molar-refractivity contribution in [3.05, 3.63) is 29.1 Å². The van der Waals surface area contributed by atoms with E-state index in [0.717, 1.165) is 4.70 Å². The summed E-state index contributed by atoms with van der Waals surface area (Å²) >= 11 is 1.23. The monoisotopic (exact) mass is 208 g/mol. The summed E-state index contributed by atoms with van der Waals surface area (Å²) in [6, 6.07) is 7.30. The van der Waals surface area contributed by atoms with Gasteiger partial charge in [0.2, 0.25) is 0 Å². The molecule has 0 atom stereocenters. The zero-order valence-electron chi connectivity index (χ0n) is 7.48. The average molecular weight is 208 g/mol. The maximum absolute atomic E-state index is 11.2. The van der Waals surface area contributed by atoms with E-state index < -0.39 is 5.97 Å². The molecule has 0 bridgehead atoms. The average Bonchev–Trinajstić information content (AvgIpc) is 2.56. The quantitative estimate of drug-likeness (QED) is 0.732. The van der Waals surface area contributed by atoms with Crippen molar-refractivity contribution in [3.63, 3.8) is 0 Å². The molecule has 0 aliphatic heterocycles. The Balaban J connectivity index is 2.68. The third-order valence-electron chi connectivity index (χ3n) is 1.94. The van der Waals surface area contributed by atoms with Gasteiger partial charge in [0, 0.05) is 10.1 Å². The molecule has 0 amide bonds. The van der Waals surface area contributed by atoms with Crippen LogP contribution in [0, 0.1) is 0 Å². The van der Waals surface area contributed by atoms with Crippen LogP contribution in [-0.4, -0.2) is 18.2 Å². The second-order valence-electron chi connectivity index (χ2n) is 2.77. The maximum atomic E-state index is 11.2. The number of benzene rings is 1. The number of hydrogen-bond acceptors (Lipinski definition) is 4. The summed E-state index contributed by atoms with van der Waals surface area (Å²) in [6.07, 6.45) is 0. The predicted molar refractivity (Wildman–Crippen MR) is 54.8 cm³/mol. The molecule has 0 aliphatic carbocycles. The molecule has 0 fully saturated rings. The minimum atomic E-state index is -0.497. The van der Waals surface area contributed by atoms with E-state index in [1.54, 1.807) is 6.07 Å². The Morgan fingerprint density at radius 2 is 2.14 bits per heavy atom. The van der Waals surface area contributed by atoms with Crippen LogP contribution < -0.4 is 0 Å². The lowest BCUT2D eigenvalue weighted by Gasteiger charge is -1.94. The molecule has 0 saturated heterocycles. The normalized spacial score (nSPS) is 10.4. The first-order valence-electron chi connectivity index (χ1n) is 4.03. The zero-order valence-corrected chi connectivity index (χ0v) is 8.30. The van der Waals surface area contributed by atoms with Gasteiger partial charge in [0.05, 0.1) is 7.11 Å². The molecular formula is C10H8O3S. The van der Waals surface area contributed by atoms with E-state index in [4.69, 9.17) is 0 Å². The number of aromatic hydroxyl groups is 1. The maximum Gasteiger partial charge on any atom is 0.351 e. The fourth-order valence-corrected chi connectivity index (χ4v) is 2.28. The summed E-state index contributed by atoms with van der Waals surface area (Å²) in [4.78, 5) is 11.5. The van der Waals surface area contributed by atoms with Gasteiger partial charge in [-0.2, -0.15) is 0 Å². The van der Waals surface area contributed by atoms with Gasteiger partial charge in [0.25, 0.3) is 0 Å². The molecule has 2 aromatic rings. The van der Waals surface area contributed by atoms with E-state index in [2.05, 4.69) is 4.74 Å². The minimum absolute atomic E-state index is 0.0115. The van der Waals surface area contributed by atoms with Gasteiger partial charge in [-0.3, -0.25) is 0 Å². The molecule has 0 saturated carbocycles. The zero-order chi connectivity index (χ0) is 10.1. The molecule has 72 valence electrons. The highest BCUT2D eigenvalue weighted by Crippen LogP contribution is 2.36. The molecule has 0 unspecified atom stereocenters. The first kappa shape index (κ1) is 9.02. The SMILES string of the molecule is COC(=O)c1sc2ccccc2c1O. The van der Waals surface area contributed by atoms with E-state index in [0.29, 0.717) is 5.39 Å². The molecular weight excluding hydrogens is 200 g/mol. The molecule has 14 heavy (non-hydrogen) atoms. The van der Waals surface area contributed by atoms with Crippen molar-refractivity contribution in [1.82, 2.24) is 0 Å². The van der Waals surface area contributed by atoms with Crippen LogP contribution in [0.15, 0.2) is 24.3 Å². The van der Waals surface area contributed by atoms with Gasteiger partial charge in [-0.05, 0) is 12.1 Å². The molecule has 1 N–H and O–H groups in total. The van der Waals surface area contributed by atoms with Gasteiger partial charge >= 0.3 is 5.97 Å². The van der Waals surface area contributed by atoms with E-state index in [9.17, 15) is 9.90 Å². The van der Waals surface area contributed by atoms with Gasteiger partial charge in [0.1, 0.15) is 5.75 Å². The van der Waals surface area contributed by atoms with Crippen molar-refractivity contribution in [2.75, 3.05) is 7.11 Å². The van der Waals surface area contributed by atoms with Crippen LogP contribution in [0.1, 0.15) is 9.67 Å². The van der Waals surface area contributed by atoms with E-state index in [-0.39, 0.29) is 10.6 Å². The molecule has 4 heteroatoms. The minimum Gasteiger partial charge on any atom is -0.505 e. The Kier molecular flexibility index (Phi) is 2.13. The highest BCUT2D eigenvalue weighted by molar-refractivity contribution is 7.21. The third kappa shape index (κ3) is 1.24. The van der Waals surface area contributed by atoms with Crippen molar-refractivity contribution < 1.29 is 14.6 Å². The van der Waals surface area contributed by atoms with Gasteiger partial charge in [0.15, 0.2) is 4.88 Å². The largest absolute Gasteiger partial charge is 0.505 e. The van der Waals surface area contributed by atoms with Crippen LogP contribution in [0.25, 0.3) is 10.1 Å². The van der Waals surface area contributed by atoms with Gasteiger partial charge in [-0.15, -0.1) is 11.3 Å². The van der Waals surface area contributed by atoms with Gasteiger partial charge in [-0.25, -0.2) is 4.79 Å². The summed E-state index contributed by atoms with van der Waals surface area (Å²) in [6.45, 7) is 0. The lowest BCUT2D eigenvalue weighted by Crippen LogP contribution is -1.97. The fourth-order valence-electron chi connectivity index (χ4n) is 1.26. The van der Waals surface area contributed by atoms with Gasteiger partial charge < -0.3 is 9.84 Å². The van der Waals surface area contributed by atoms with Crippen molar-refractivity contribution >= 4 is 27.4 Å². The first-order valence-corrected chi connectivity index (χ1v) is 4.84. The smallest absolute Gasteiger partial charge is 0.351 e. The highest BCUT2D eigenvalue weighted by atomic mass is 32.1. The van der Waals surface area contributed by atoms with Crippen molar-refractivity contribution in [3.8, 4) is 5.75 Å². The Hall–Kier alpha value is -1.55. The Morgan fingerprint density at radius 1 is 1.43 bits per heavy atom. The summed E-state index contributed by atoms with van der Waals surface area (Å²) in [5, 5.41) is 10.4. The summed E-state index contributed by atoms with van der Waals surface area (Å²) in [5.74, 6) is -0.485. The number of hydrogen-bond donors (Lipinski definition) is 1. The van der Waals surface area contributed by atoms with E-state index in [1.165, 1.54) is 18.4 Å². The molecule has 1 aromatic heterocycles. The molecule has 1 heterocycles. The number of methoxy groups -OCH3 is 1. The van der Waals surface area contributed by atoms with Gasteiger partial charge in [-0.1, -0.05) is 12.1 Å². The molecule has 1 aromatic carbocycles. The summed E-state index contributed by atoms with van der Waals surface area (Å²) in [7, 11) is 1.30. The number of carbonyl (C=O) groups is 1. The number of thiophene rings is 1. The van der Waals surface area contributed by atoms with E-state index >= 15 is 0 Å².